The minimum atomic E-state index is -3.90. The second kappa shape index (κ2) is 6.13. The van der Waals surface area contributed by atoms with E-state index in [0.29, 0.717) is 10.0 Å². The van der Waals surface area contributed by atoms with E-state index in [4.69, 9.17) is 9.88 Å². The molecule has 7 heteroatoms. The summed E-state index contributed by atoms with van der Waals surface area (Å²) in [6, 6.07) is 9.17. The topological polar surface area (TPSA) is 69.4 Å². The van der Waals surface area contributed by atoms with Crippen LogP contribution in [0, 0.1) is 12.7 Å². The first-order valence-corrected chi connectivity index (χ1v) is 8.31. The Hall–Kier alpha value is -1.44. The van der Waals surface area contributed by atoms with Gasteiger partial charge in [0.25, 0.3) is 0 Å². The van der Waals surface area contributed by atoms with Gasteiger partial charge in [0, 0.05) is 10.0 Å². The Morgan fingerprint density at radius 3 is 2.57 bits per heavy atom. The molecule has 0 saturated carbocycles. The quantitative estimate of drug-likeness (QED) is 0.894. The summed E-state index contributed by atoms with van der Waals surface area (Å²) >= 11 is 3.16. The molecule has 0 amide bonds. The fourth-order valence-corrected chi connectivity index (χ4v) is 2.84. The van der Waals surface area contributed by atoms with Crippen LogP contribution in [0.3, 0.4) is 0 Å². The molecule has 0 aliphatic heterocycles. The van der Waals surface area contributed by atoms with E-state index in [1.54, 1.807) is 25.1 Å². The average molecular weight is 374 g/mol. The normalized spacial score (nSPS) is 11.4. The van der Waals surface area contributed by atoms with Gasteiger partial charge in [-0.3, -0.25) is 0 Å². The molecule has 112 valence electrons. The van der Waals surface area contributed by atoms with E-state index in [9.17, 15) is 12.8 Å². The molecule has 4 nitrogen and oxygen atoms in total. The second-order valence-electron chi connectivity index (χ2n) is 4.52. The Morgan fingerprint density at radius 1 is 1.24 bits per heavy atom. The summed E-state index contributed by atoms with van der Waals surface area (Å²) in [5, 5.41) is 5.16. The Kier molecular flexibility index (Phi) is 4.65. The van der Waals surface area contributed by atoms with Crippen LogP contribution in [-0.2, 0) is 16.6 Å². The summed E-state index contributed by atoms with van der Waals surface area (Å²) in [5.41, 5.74) is 1.06. The summed E-state index contributed by atoms with van der Waals surface area (Å²) in [4.78, 5) is -0.111. The molecule has 0 aliphatic rings. The van der Waals surface area contributed by atoms with Gasteiger partial charge in [-0.15, -0.1) is 0 Å². The predicted octanol–water partition coefficient (Wildman–Crippen LogP) is 3.12. The van der Waals surface area contributed by atoms with Crippen molar-refractivity contribution in [2.24, 2.45) is 5.14 Å². The van der Waals surface area contributed by atoms with Gasteiger partial charge in [-0.25, -0.2) is 17.9 Å². The number of rotatable bonds is 4. The van der Waals surface area contributed by atoms with E-state index < -0.39 is 15.8 Å². The van der Waals surface area contributed by atoms with Crippen LogP contribution in [0.25, 0.3) is 0 Å². The SMILES string of the molecule is Cc1ccc(OCc2ccc(Br)cc2F)c(S(N)(=O)=O)c1. The van der Waals surface area contributed by atoms with Crippen molar-refractivity contribution in [3.8, 4) is 5.75 Å². The molecule has 2 aromatic carbocycles. The molecule has 2 N–H and O–H groups in total. The molecule has 0 aliphatic carbocycles. The number of nitrogens with two attached hydrogens (primary N) is 1. The number of hydrogen-bond donors (Lipinski definition) is 1. The molecule has 0 fully saturated rings. The van der Waals surface area contributed by atoms with Crippen LogP contribution in [-0.4, -0.2) is 8.42 Å². The zero-order chi connectivity index (χ0) is 15.6. The van der Waals surface area contributed by atoms with Crippen LogP contribution in [0.4, 0.5) is 4.39 Å². The molecule has 0 heterocycles. The van der Waals surface area contributed by atoms with Crippen LogP contribution >= 0.6 is 15.9 Å². The fourth-order valence-electron chi connectivity index (χ4n) is 1.75. The van der Waals surface area contributed by atoms with Gasteiger partial charge in [-0.05, 0) is 36.8 Å². The van der Waals surface area contributed by atoms with Crippen molar-refractivity contribution in [3.05, 3.63) is 57.8 Å². The van der Waals surface area contributed by atoms with Gasteiger partial charge >= 0.3 is 0 Å². The first kappa shape index (κ1) is 15.9. The number of primary sulfonamides is 1. The van der Waals surface area contributed by atoms with Gasteiger partial charge in [-0.1, -0.05) is 28.1 Å². The molecule has 0 atom stereocenters. The Bertz CT molecular complexity index is 778. The molecule has 2 rings (SSSR count). The third-order valence-corrected chi connectivity index (χ3v) is 4.23. The maximum Gasteiger partial charge on any atom is 0.241 e. The number of ether oxygens (including phenoxy) is 1. The van der Waals surface area contributed by atoms with Gasteiger partial charge in [0.05, 0.1) is 0 Å². The highest BCUT2D eigenvalue weighted by atomic mass is 79.9. The number of benzene rings is 2. The zero-order valence-electron chi connectivity index (χ0n) is 11.1. The third-order valence-electron chi connectivity index (χ3n) is 2.80. The number of hydrogen-bond acceptors (Lipinski definition) is 3. The number of halogens is 2. The fraction of sp³-hybridized carbons (Fsp3) is 0.143. The Balaban J connectivity index is 2.28. The molecular formula is C14H13BrFNO3S. The minimum Gasteiger partial charge on any atom is -0.487 e. The molecule has 0 saturated heterocycles. The van der Waals surface area contributed by atoms with Crippen molar-refractivity contribution < 1.29 is 17.5 Å². The van der Waals surface area contributed by atoms with Crippen LogP contribution in [0.15, 0.2) is 45.8 Å². The molecule has 21 heavy (non-hydrogen) atoms. The van der Waals surface area contributed by atoms with Crippen LogP contribution < -0.4 is 9.88 Å². The molecule has 0 aromatic heterocycles. The lowest BCUT2D eigenvalue weighted by atomic mass is 10.2. The monoisotopic (exact) mass is 373 g/mol. The lowest BCUT2D eigenvalue weighted by Gasteiger charge is -2.11. The highest BCUT2D eigenvalue weighted by Crippen LogP contribution is 2.25. The minimum absolute atomic E-state index is 0.0926. The van der Waals surface area contributed by atoms with Gasteiger partial charge in [-0.2, -0.15) is 0 Å². The average Bonchev–Trinajstić information content (AvgIpc) is 2.38. The summed E-state index contributed by atoms with van der Waals surface area (Å²) in [5.74, 6) is -0.334. The van der Waals surface area contributed by atoms with Gasteiger partial charge in [0.15, 0.2) is 0 Å². The highest BCUT2D eigenvalue weighted by molar-refractivity contribution is 9.10. The Labute approximate surface area is 130 Å². The first-order chi connectivity index (χ1) is 9.77. The summed E-state index contributed by atoms with van der Waals surface area (Å²) in [6.07, 6.45) is 0. The number of aryl methyl sites for hydroxylation is 1. The van der Waals surface area contributed by atoms with Crippen molar-refractivity contribution in [2.75, 3.05) is 0 Å². The van der Waals surface area contributed by atoms with Crippen LogP contribution in [0.1, 0.15) is 11.1 Å². The van der Waals surface area contributed by atoms with Crippen molar-refractivity contribution in [2.45, 2.75) is 18.4 Å². The third kappa shape index (κ3) is 4.03. The van der Waals surface area contributed by atoms with Crippen molar-refractivity contribution in [1.29, 1.82) is 0 Å². The van der Waals surface area contributed by atoms with Gasteiger partial charge in [0.2, 0.25) is 10.0 Å². The van der Waals surface area contributed by atoms with Crippen molar-refractivity contribution in [1.82, 2.24) is 0 Å². The standard InChI is InChI=1S/C14H13BrFNO3S/c1-9-2-5-13(14(6-9)21(17,18)19)20-8-10-3-4-11(15)7-12(10)16/h2-7H,8H2,1H3,(H2,17,18,19). The van der Waals surface area contributed by atoms with Crippen LogP contribution in [0.2, 0.25) is 0 Å². The maximum atomic E-state index is 13.7. The van der Waals surface area contributed by atoms with E-state index in [1.165, 1.54) is 18.2 Å². The van der Waals surface area contributed by atoms with E-state index in [-0.39, 0.29) is 17.3 Å². The van der Waals surface area contributed by atoms with Gasteiger partial charge in [0.1, 0.15) is 23.1 Å². The van der Waals surface area contributed by atoms with Gasteiger partial charge < -0.3 is 4.74 Å². The number of sulfonamides is 1. The summed E-state index contributed by atoms with van der Waals surface area (Å²) in [6.45, 7) is 1.65. The molecule has 0 unspecified atom stereocenters. The summed E-state index contributed by atoms with van der Waals surface area (Å²) < 4.78 is 42.8. The molecule has 0 spiro atoms. The van der Waals surface area contributed by atoms with E-state index in [2.05, 4.69) is 15.9 Å². The lowest BCUT2D eigenvalue weighted by Crippen LogP contribution is -2.14. The van der Waals surface area contributed by atoms with E-state index >= 15 is 0 Å². The molecule has 0 radical (unpaired) electrons. The predicted molar refractivity (Wildman–Crippen MR) is 81.0 cm³/mol. The summed E-state index contributed by atoms with van der Waals surface area (Å²) in [7, 11) is -3.90. The molecular weight excluding hydrogens is 361 g/mol. The van der Waals surface area contributed by atoms with Crippen LogP contribution in [0.5, 0.6) is 5.75 Å². The highest BCUT2D eigenvalue weighted by Gasteiger charge is 2.16. The first-order valence-electron chi connectivity index (χ1n) is 5.97. The van der Waals surface area contributed by atoms with Crippen molar-refractivity contribution >= 4 is 26.0 Å². The maximum absolute atomic E-state index is 13.7. The molecule has 2 aromatic rings. The molecule has 0 bridgehead atoms. The largest absolute Gasteiger partial charge is 0.487 e. The zero-order valence-corrected chi connectivity index (χ0v) is 13.5. The second-order valence-corrected chi connectivity index (χ2v) is 6.97. The smallest absolute Gasteiger partial charge is 0.241 e. The van der Waals surface area contributed by atoms with Crippen molar-refractivity contribution in [3.63, 3.8) is 0 Å². The lowest BCUT2D eigenvalue weighted by molar-refractivity contribution is 0.292. The van der Waals surface area contributed by atoms with E-state index in [1.807, 2.05) is 0 Å². The van der Waals surface area contributed by atoms with E-state index in [0.717, 1.165) is 5.56 Å². The Morgan fingerprint density at radius 2 is 1.95 bits per heavy atom.